The molecule has 174 valence electrons. The largest absolute Gasteiger partial charge is 0.573 e. The van der Waals surface area contributed by atoms with Crippen molar-refractivity contribution in [2.24, 2.45) is 5.73 Å². The van der Waals surface area contributed by atoms with Crippen molar-refractivity contribution in [3.8, 4) is 22.8 Å². The van der Waals surface area contributed by atoms with Crippen molar-refractivity contribution in [2.45, 2.75) is 39.5 Å². The molecular weight excluding hydrogens is 431 g/mol. The molecule has 2 aromatic carbocycles. The molecule has 2 aromatic heterocycles. The van der Waals surface area contributed by atoms with Crippen molar-refractivity contribution in [3.63, 3.8) is 0 Å². The summed E-state index contributed by atoms with van der Waals surface area (Å²) in [5.74, 6) is 0.455. The number of aryl methyl sites for hydroxylation is 2. The third-order valence-corrected chi connectivity index (χ3v) is 5.52. The average Bonchev–Trinajstić information content (AvgIpc) is 3.11. The molecule has 5 nitrogen and oxygen atoms in total. The van der Waals surface area contributed by atoms with Gasteiger partial charge in [-0.3, -0.25) is 0 Å². The first kappa shape index (κ1) is 22.9. The van der Waals surface area contributed by atoms with E-state index in [4.69, 9.17) is 15.5 Å². The number of H-pyrrole nitrogens is 1. The fourth-order valence-corrected chi connectivity index (χ4v) is 4.14. The van der Waals surface area contributed by atoms with Crippen LogP contribution < -0.4 is 15.2 Å². The summed E-state index contributed by atoms with van der Waals surface area (Å²) in [7, 11) is 0. The van der Waals surface area contributed by atoms with Gasteiger partial charge in [-0.05, 0) is 81.6 Å². The van der Waals surface area contributed by atoms with Crippen LogP contribution in [0.1, 0.15) is 31.0 Å². The molecule has 4 rings (SSSR count). The zero-order valence-electron chi connectivity index (χ0n) is 18.6. The van der Waals surface area contributed by atoms with Crippen LogP contribution >= 0.6 is 0 Å². The van der Waals surface area contributed by atoms with Gasteiger partial charge in [0.2, 0.25) is 0 Å². The summed E-state index contributed by atoms with van der Waals surface area (Å²) in [5, 5.41) is 1.61. The Kier molecular flexibility index (Phi) is 6.47. The molecule has 0 saturated carbocycles. The number of nitrogens with zero attached hydrogens (tertiary/aromatic N) is 1. The Morgan fingerprint density at radius 1 is 1.03 bits per heavy atom. The molecule has 0 spiro atoms. The summed E-state index contributed by atoms with van der Waals surface area (Å²) in [5.41, 5.74) is 10.7. The average molecular weight is 457 g/mol. The predicted molar refractivity (Wildman–Crippen MR) is 124 cm³/mol. The Labute approximate surface area is 189 Å². The minimum Gasteiger partial charge on any atom is -0.492 e. The van der Waals surface area contributed by atoms with Crippen molar-refractivity contribution >= 4 is 21.8 Å². The zero-order valence-corrected chi connectivity index (χ0v) is 18.6. The van der Waals surface area contributed by atoms with Crippen LogP contribution in [0.5, 0.6) is 11.5 Å². The van der Waals surface area contributed by atoms with Crippen molar-refractivity contribution in [1.29, 1.82) is 0 Å². The molecule has 3 N–H and O–H groups in total. The second kappa shape index (κ2) is 9.31. The van der Waals surface area contributed by atoms with Gasteiger partial charge in [-0.1, -0.05) is 6.07 Å². The zero-order chi connectivity index (χ0) is 23.6. The van der Waals surface area contributed by atoms with E-state index in [2.05, 4.69) is 9.72 Å². The first-order valence-electron chi connectivity index (χ1n) is 10.9. The number of unbranched alkanes of at least 4 members (excludes halogenated alkanes) is 1. The molecule has 0 atom stereocenters. The fraction of sp³-hybridized carbons (Fsp3) is 0.320. The third kappa shape index (κ3) is 4.90. The minimum atomic E-state index is -4.75. The monoisotopic (exact) mass is 457 g/mol. The first-order valence-corrected chi connectivity index (χ1v) is 10.9. The second-order valence-electron chi connectivity index (χ2n) is 7.87. The Bertz CT molecular complexity index is 1280. The molecule has 0 aliphatic heterocycles. The van der Waals surface area contributed by atoms with Gasteiger partial charge in [0, 0.05) is 27.5 Å². The van der Waals surface area contributed by atoms with Gasteiger partial charge in [-0.25, -0.2) is 4.98 Å². The highest BCUT2D eigenvalue weighted by Crippen LogP contribution is 2.39. The van der Waals surface area contributed by atoms with Crippen LogP contribution in [-0.4, -0.2) is 29.5 Å². The number of pyridine rings is 1. The molecule has 0 amide bonds. The Morgan fingerprint density at radius 2 is 1.85 bits per heavy atom. The van der Waals surface area contributed by atoms with Gasteiger partial charge in [0.15, 0.2) is 0 Å². The smallest absolute Gasteiger partial charge is 0.492 e. The molecule has 0 unspecified atom stereocenters. The number of rotatable bonds is 8. The molecule has 0 radical (unpaired) electrons. The van der Waals surface area contributed by atoms with Gasteiger partial charge in [-0.2, -0.15) is 0 Å². The highest BCUT2D eigenvalue weighted by molar-refractivity contribution is 6.01. The van der Waals surface area contributed by atoms with E-state index in [1.807, 2.05) is 38.1 Å². The lowest BCUT2D eigenvalue weighted by atomic mass is 9.97. The van der Waals surface area contributed by atoms with Crippen LogP contribution in [0.15, 0.2) is 42.5 Å². The van der Waals surface area contributed by atoms with Gasteiger partial charge >= 0.3 is 6.36 Å². The number of nitrogens with two attached hydrogens (primary N) is 1. The van der Waals surface area contributed by atoms with Crippen molar-refractivity contribution in [1.82, 2.24) is 9.97 Å². The van der Waals surface area contributed by atoms with Crippen LogP contribution in [0.25, 0.3) is 33.1 Å². The summed E-state index contributed by atoms with van der Waals surface area (Å²) < 4.78 is 48.4. The molecule has 4 aromatic rings. The fourth-order valence-electron chi connectivity index (χ4n) is 4.14. The number of aromatic nitrogens is 2. The molecule has 0 aliphatic rings. The Hall–Kier alpha value is -3.26. The van der Waals surface area contributed by atoms with E-state index in [0.717, 1.165) is 51.8 Å². The molecule has 33 heavy (non-hydrogen) atoms. The number of halogens is 3. The van der Waals surface area contributed by atoms with E-state index in [1.165, 1.54) is 12.1 Å². The van der Waals surface area contributed by atoms with Crippen LogP contribution in [-0.2, 0) is 6.42 Å². The van der Waals surface area contributed by atoms with Crippen LogP contribution in [0.4, 0.5) is 13.2 Å². The molecule has 2 heterocycles. The highest BCUT2D eigenvalue weighted by Gasteiger charge is 2.31. The number of hydrogen-bond donors (Lipinski definition) is 2. The topological polar surface area (TPSA) is 73.2 Å². The van der Waals surface area contributed by atoms with Gasteiger partial charge in [-0.15, -0.1) is 13.2 Å². The first-order chi connectivity index (χ1) is 15.8. The molecule has 8 heteroatoms. The minimum absolute atomic E-state index is 0.241. The number of fused-ring (bicyclic) bond motifs is 2. The van der Waals surface area contributed by atoms with E-state index < -0.39 is 6.36 Å². The third-order valence-electron chi connectivity index (χ3n) is 5.52. The Morgan fingerprint density at radius 3 is 2.58 bits per heavy atom. The van der Waals surface area contributed by atoms with E-state index in [0.29, 0.717) is 30.7 Å². The summed E-state index contributed by atoms with van der Waals surface area (Å²) in [6, 6.07) is 12.2. The van der Waals surface area contributed by atoms with Crippen molar-refractivity contribution in [2.75, 3.05) is 13.2 Å². The number of ether oxygens (including phenoxy) is 2. The van der Waals surface area contributed by atoms with Crippen molar-refractivity contribution < 1.29 is 22.6 Å². The quantitative estimate of drug-likeness (QED) is 0.306. The van der Waals surface area contributed by atoms with E-state index in [9.17, 15) is 13.2 Å². The lowest BCUT2D eigenvalue weighted by Gasteiger charge is -2.13. The number of hydrogen-bond acceptors (Lipinski definition) is 4. The van der Waals surface area contributed by atoms with Crippen LogP contribution in [0.2, 0.25) is 0 Å². The second-order valence-corrected chi connectivity index (χ2v) is 7.87. The summed E-state index contributed by atoms with van der Waals surface area (Å²) >= 11 is 0. The summed E-state index contributed by atoms with van der Waals surface area (Å²) in [4.78, 5) is 8.11. The van der Waals surface area contributed by atoms with Crippen LogP contribution in [0.3, 0.4) is 0 Å². The molecule has 0 fully saturated rings. The predicted octanol–water partition coefficient (Wildman–Crippen LogP) is 6.27. The molecule has 0 aliphatic carbocycles. The summed E-state index contributed by atoms with van der Waals surface area (Å²) in [6.45, 7) is 4.91. The number of benzene rings is 2. The van der Waals surface area contributed by atoms with Gasteiger partial charge in [0.05, 0.1) is 12.3 Å². The lowest BCUT2D eigenvalue weighted by molar-refractivity contribution is -0.274. The molecule has 0 bridgehead atoms. The van der Waals surface area contributed by atoms with E-state index in [-0.39, 0.29) is 5.75 Å². The maximum absolute atomic E-state index is 12.8. The van der Waals surface area contributed by atoms with E-state index >= 15 is 0 Å². The summed E-state index contributed by atoms with van der Waals surface area (Å²) in [6.07, 6.45) is -2.46. The SMILES string of the molecule is CCOc1ccc(-c2[nH]c3ccc(OC(F)(F)F)cc3c2CCCCN)c2ccc(C)nc12. The van der Waals surface area contributed by atoms with Gasteiger partial charge in [0.1, 0.15) is 17.0 Å². The number of nitrogens with one attached hydrogen (secondary N) is 1. The van der Waals surface area contributed by atoms with Crippen LogP contribution in [0, 0.1) is 6.92 Å². The maximum atomic E-state index is 12.8. The molecule has 0 saturated heterocycles. The standard InChI is InChI=1S/C25H26F3N3O2/c1-3-32-22-12-10-18(19-9-7-15(2)30-24(19)22)23-17(6-4-5-13-29)20-14-16(33-25(26,27)28)8-11-21(20)31-23/h7-12,14,31H,3-6,13,29H2,1-2H3. The van der Waals surface area contributed by atoms with E-state index in [1.54, 1.807) is 6.07 Å². The lowest BCUT2D eigenvalue weighted by Crippen LogP contribution is -2.16. The maximum Gasteiger partial charge on any atom is 0.573 e. The molecular formula is C25H26F3N3O2. The number of alkyl halides is 3. The Balaban J connectivity index is 1.92. The highest BCUT2D eigenvalue weighted by atomic mass is 19.4. The number of aromatic amines is 1. The van der Waals surface area contributed by atoms with Crippen molar-refractivity contribution in [3.05, 3.63) is 53.7 Å². The normalized spacial score (nSPS) is 11.9. The van der Waals surface area contributed by atoms with Gasteiger partial charge in [0.25, 0.3) is 0 Å². The van der Waals surface area contributed by atoms with Gasteiger partial charge < -0.3 is 20.2 Å².